The highest BCUT2D eigenvalue weighted by Crippen LogP contribution is 2.13. The van der Waals surface area contributed by atoms with Crippen molar-refractivity contribution in [3.05, 3.63) is 0 Å². The van der Waals surface area contributed by atoms with Crippen LogP contribution in [0.25, 0.3) is 0 Å². The molecule has 0 radical (unpaired) electrons. The molecule has 0 aliphatic carbocycles. The number of hydrogen-bond acceptors (Lipinski definition) is 4. The quantitative estimate of drug-likeness (QED) is 0.464. The molecular formula is C8H16F2N4O2S. The number of likely N-dealkylation sites (tertiary alicyclic amines) is 1. The zero-order valence-electron chi connectivity index (χ0n) is 9.20. The Balaban J connectivity index is 2.40. The molecule has 0 amide bonds. The van der Waals surface area contributed by atoms with Gasteiger partial charge in [-0.25, -0.2) is 13.1 Å². The normalized spacial score (nSPS) is 19.7. The molecule has 4 N–H and O–H groups in total. The lowest BCUT2D eigenvalue weighted by atomic mass is 10.1. The van der Waals surface area contributed by atoms with Crippen LogP contribution in [0.15, 0.2) is 0 Å². The minimum absolute atomic E-state index is 0.0385. The van der Waals surface area contributed by atoms with Gasteiger partial charge >= 0.3 is 5.76 Å². The molecule has 0 bridgehead atoms. The molecule has 0 aromatic heterocycles. The molecule has 1 heterocycles. The van der Waals surface area contributed by atoms with Crippen LogP contribution in [0.5, 0.6) is 0 Å². The van der Waals surface area contributed by atoms with Gasteiger partial charge in [-0.1, -0.05) is 0 Å². The predicted molar refractivity (Wildman–Crippen MR) is 59.4 cm³/mol. The summed E-state index contributed by atoms with van der Waals surface area (Å²) in [5, 5.41) is 7.11. The summed E-state index contributed by atoms with van der Waals surface area (Å²) in [7, 11) is -4.51. The molecule has 9 heteroatoms. The molecule has 0 saturated carbocycles. The predicted octanol–water partition coefficient (Wildman–Crippen LogP) is -0.471. The zero-order chi connectivity index (χ0) is 13.1. The molecule has 100 valence electrons. The number of rotatable bonds is 5. The summed E-state index contributed by atoms with van der Waals surface area (Å²) in [5.74, 6) is -3.35. The number of piperidine rings is 1. The second-order valence-electron chi connectivity index (χ2n) is 4.00. The Morgan fingerprint density at radius 3 is 2.41 bits per heavy atom. The van der Waals surface area contributed by atoms with Crippen LogP contribution in [0.4, 0.5) is 8.78 Å². The lowest BCUT2D eigenvalue weighted by molar-refractivity contribution is 0.216. The number of nitrogens with two attached hydrogens (primary N) is 1. The third-order valence-corrected chi connectivity index (χ3v) is 3.68. The lowest BCUT2D eigenvalue weighted by Crippen LogP contribution is -2.47. The van der Waals surface area contributed by atoms with E-state index in [1.807, 2.05) is 9.62 Å². The molecule has 1 rings (SSSR count). The van der Waals surface area contributed by atoms with Crippen LogP contribution in [-0.2, 0) is 10.0 Å². The maximum absolute atomic E-state index is 12.1. The number of amidine groups is 1. The lowest BCUT2D eigenvalue weighted by Gasteiger charge is -2.31. The maximum atomic E-state index is 12.1. The number of halogens is 2. The molecule has 0 aromatic carbocycles. The van der Waals surface area contributed by atoms with E-state index in [0.29, 0.717) is 32.5 Å². The van der Waals surface area contributed by atoms with Crippen molar-refractivity contribution >= 4 is 15.9 Å². The topological polar surface area (TPSA) is 99.3 Å². The Hall–Kier alpha value is -0.800. The van der Waals surface area contributed by atoms with E-state index in [1.54, 1.807) is 0 Å². The summed E-state index contributed by atoms with van der Waals surface area (Å²) in [6.07, 6.45) is 0.887. The molecule has 1 saturated heterocycles. The molecular weight excluding hydrogens is 254 g/mol. The fourth-order valence-corrected chi connectivity index (χ4v) is 2.54. The van der Waals surface area contributed by atoms with E-state index in [4.69, 9.17) is 11.1 Å². The van der Waals surface area contributed by atoms with Crippen molar-refractivity contribution in [2.75, 3.05) is 19.6 Å². The first-order valence-corrected chi connectivity index (χ1v) is 6.70. The van der Waals surface area contributed by atoms with Crippen molar-refractivity contribution in [3.8, 4) is 0 Å². The van der Waals surface area contributed by atoms with Gasteiger partial charge in [0, 0.05) is 19.1 Å². The van der Waals surface area contributed by atoms with Gasteiger partial charge in [0.2, 0.25) is 0 Å². The molecule has 1 aliphatic heterocycles. The van der Waals surface area contributed by atoms with Gasteiger partial charge < -0.3 is 5.73 Å². The van der Waals surface area contributed by atoms with Crippen molar-refractivity contribution in [1.82, 2.24) is 9.62 Å². The molecule has 17 heavy (non-hydrogen) atoms. The average molecular weight is 270 g/mol. The van der Waals surface area contributed by atoms with E-state index < -0.39 is 21.8 Å². The first kappa shape index (κ1) is 14.3. The van der Waals surface area contributed by atoms with Crippen molar-refractivity contribution in [2.24, 2.45) is 5.73 Å². The van der Waals surface area contributed by atoms with Crippen LogP contribution in [-0.4, -0.2) is 50.6 Å². The second kappa shape index (κ2) is 5.69. The Morgan fingerprint density at radius 2 is 2.00 bits per heavy atom. The van der Waals surface area contributed by atoms with Gasteiger partial charge in [0.25, 0.3) is 10.0 Å². The van der Waals surface area contributed by atoms with E-state index in [-0.39, 0.29) is 5.84 Å². The van der Waals surface area contributed by atoms with Crippen LogP contribution in [0.1, 0.15) is 12.8 Å². The average Bonchev–Trinajstić information content (AvgIpc) is 2.19. The largest absolute Gasteiger partial charge is 0.387 e. The monoisotopic (exact) mass is 270 g/mol. The van der Waals surface area contributed by atoms with E-state index in [9.17, 15) is 17.2 Å². The Bertz CT molecular complexity index is 366. The summed E-state index contributed by atoms with van der Waals surface area (Å²) in [5.41, 5.74) is 5.23. The summed E-state index contributed by atoms with van der Waals surface area (Å²) >= 11 is 0. The molecule has 1 aliphatic rings. The van der Waals surface area contributed by atoms with Gasteiger partial charge in [0.1, 0.15) is 5.84 Å². The minimum Gasteiger partial charge on any atom is -0.387 e. The zero-order valence-corrected chi connectivity index (χ0v) is 10.0. The standard InChI is InChI=1S/C8H16F2N4O2S/c9-8(10)17(15,16)13-6-1-3-14(4-2-6)5-7(11)12/h6,8,13H,1-5H2,(H3,11,12). The number of nitrogens with zero attached hydrogens (tertiary/aromatic N) is 1. The van der Waals surface area contributed by atoms with Gasteiger partial charge in [-0.05, 0) is 12.8 Å². The molecule has 0 atom stereocenters. The van der Waals surface area contributed by atoms with Gasteiger partial charge in [0.15, 0.2) is 0 Å². The number of nitrogens with one attached hydrogen (secondary N) is 2. The van der Waals surface area contributed by atoms with Crippen LogP contribution in [0.2, 0.25) is 0 Å². The SMILES string of the molecule is N=C(N)CN1CCC(NS(=O)(=O)C(F)F)CC1. The van der Waals surface area contributed by atoms with Gasteiger partial charge in [0.05, 0.1) is 6.54 Å². The third kappa shape index (κ3) is 4.52. The van der Waals surface area contributed by atoms with Gasteiger partial charge in [-0.15, -0.1) is 0 Å². The Morgan fingerprint density at radius 1 is 1.47 bits per heavy atom. The van der Waals surface area contributed by atoms with Crippen molar-refractivity contribution < 1.29 is 17.2 Å². The smallest absolute Gasteiger partial charge is 0.350 e. The molecule has 0 aromatic rings. The third-order valence-electron chi connectivity index (χ3n) is 2.55. The van der Waals surface area contributed by atoms with Crippen LogP contribution in [0, 0.1) is 5.41 Å². The fraction of sp³-hybridized carbons (Fsp3) is 0.875. The molecule has 0 unspecified atom stereocenters. The number of sulfonamides is 1. The highest BCUT2D eigenvalue weighted by Gasteiger charge is 2.29. The molecule has 1 fully saturated rings. The summed E-state index contributed by atoms with van der Waals surface area (Å²) in [6, 6.07) is -0.461. The van der Waals surface area contributed by atoms with Crippen molar-refractivity contribution in [2.45, 2.75) is 24.6 Å². The number of hydrogen-bond donors (Lipinski definition) is 3. The highest BCUT2D eigenvalue weighted by atomic mass is 32.2. The summed E-state index contributed by atoms with van der Waals surface area (Å²) < 4.78 is 48.1. The summed E-state index contributed by atoms with van der Waals surface area (Å²) in [6.45, 7) is 1.40. The summed E-state index contributed by atoms with van der Waals surface area (Å²) in [4.78, 5) is 1.88. The first-order valence-electron chi connectivity index (χ1n) is 5.16. The van der Waals surface area contributed by atoms with Gasteiger partial charge in [-0.2, -0.15) is 8.78 Å². The van der Waals surface area contributed by atoms with E-state index in [2.05, 4.69) is 0 Å². The minimum atomic E-state index is -4.51. The van der Waals surface area contributed by atoms with E-state index in [1.165, 1.54) is 0 Å². The van der Waals surface area contributed by atoms with Crippen molar-refractivity contribution in [3.63, 3.8) is 0 Å². The molecule has 6 nitrogen and oxygen atoms in total. The second-order valence-corrected chi connectivity index (χ2v) is 5.68. The first-order chi connectivity index (χ1) is 7.81. The Kier molecular flexibility index (Phi) is 4.78. The van der Waals surface area contributed by atoms with Crippen molar-refractivity contribution in [1.29, 1.82) is 5.41 Å². The van der Waals surface area contributed by atoms with Crippen LogP contribution < -0.4 is 10.5 Å². The van der Waals surface area contributed by atoms with Gasteiger partial charge in [-0.3, -0.25) is 10.3 Å². The highest BCUT2D eigenvalue weighted by molar-refractivity contribution is 7.89. The Labute approximate surface area is 98.7 Å². The fourth-order valence-electron chi connectivity index (χ4n) is 1.73. The van der Waals surface area contributed by atoms with E-state index >= 15 is 0 Å². The van der Waals surface area contributed by atoms with Crippen LogP contribution >= 0.6 is 0 Å². The maximum Gasteiger partial charge on any atom is 0.350 e. The molecule has 0 spiro atoms. The number of alkyl halides is 2. The van der Waals surface area contributed by atoms with E-state index in [0.717, 1.165) is 0 Å². The van der Waals surface area contributed by atoms with Crippen LogP contribution in [0.3, 0.4) is 0 Å².